The number of methoxy groups -OCH3 is 1. The maximum Gasteiger partial charge on any atom is 0.343 e. The van der Waals surface area contributed by atoms with Gasteiger partial charge in [0.15, 0.2) is 5.16 Å². The molecular formula is C19H24N6O3S. The average molecular weight is 417 g/mol. The van der Waals surface area contributed by atoms with Crippen molar-refractivity contribution in [3.05, 3.63) is 52.1 Å². The molecule has 9 nitrogen and oxygen atoms in total. The summed E-state index contributed by atoms with van der Waals surface area (Å²) >= 11 is 1.20. The van der Waals surface area contributed by atoms with Gasteiger partial charge in [0.25, 0.3) is 0 Å². The molecule has 1 amide bonds. The number of nitrogens with zero attached hydrogens (tertiary/aromatic N) is 4. The van der Waals surface area contributed by atoms with E-state index in [1.165, 1.54) is 16.3 Å². The first kappa shape index (κ1) is 20.9. The molecule has 0 aliphatic heterocycles. The number of hydrogen-bond acceptors (Lipinski definition) is 6. The maximum atomic E-state index is 12.5. The lowest BCUT2D eigenvalue weighted by Crippen LogP contribution is -2.20. The minimum Gasteiger partial charge on any atom is -0.385 e. The lowest BCUT2D eigenvalue weighted by atomic mass is 10.2. The molecule has 0 bridgehead atoms. The van der Waals surface area contributed by atoms with Gasteiger partial charge in [-0.3, -0.25) is 9.36 Å². The van der Waals surface area contributed by atoms with Crippen LogP contribution >= 0.6 is 11.8 Å². The Morgan fingerprint density at radius 1 is 1.28 bits per heavy atom. The van der Waals surface area contributed by atoms with Crippen LogP contribution in [-0.2, 0) is 16.1 Å². The van der Waals surface area contributed by atoms with Crippen LogP contribution in [0.1, 0.15) is 17.7 Å². The van der Waals surface area contributed by atoms with Crippen LogP contribution in [-0.4, -0.2) is 49.9 Å². The predicted molar refractivity (Wildman–Crippen MR) is 112 cm³/mol. The summed E-state index contributed by atoms with van der Waals surface area (Å²) in [6, 6.07) is 9.71. The van der Waals surface area contributed by atoms with Crippen molar-refractivity contribution in [3.63, 3.8) is 0 Å². The van der Waals surface area contributed by atoms with Crippen molar-refractivity contribution in [2.75, 3.05) is 24.8 Å². The van der Waals surface area contributed by atoms with Gasteiger partial charge in [0.1, 0.15) is 5.82 Å². The highest BCUT2D eigenvalue weighted by Crippen LogP contribution is 2.19. The number of amides is 1. The number of benzene rings is 1. The SMILES string of the molecule is COCCCn1c(SCC(=O)Nc2cc(C)nn2-c2ccc(C)cc2)n[nH]c1=O. The summed E-state index contributed by atoms with van der Waals surface area (Å²) in [6.07, 6.45) is 0.685. The lowest BCUT2D eigenvalue weighted by Gasteiger charge is -2.09. The number of aryl methyl sites for hydroxylation is 2. The van der Waals surface area contributed by atoms with Crippen LogP contribution in [0.25, 0.3) is 5.69 Å². The number of nitrogens with one attached hydrogen (secondary N) is 2. The highest BCUT2D eigenvalue weighted by Gasteiger charge is 2.14. The molecule has 2 aromatic heterocycles. The normalized spacial score (nSPS) is 11.0. The fraction of sp³-hybridized carbons (Fsp3) is 0.368. The molecule has 2 heterocycles. The van der Waals surface area contributed by atoms with E-state index in [0.29, 0.717) is 30.5 Å². The molecule has 0 saturated heterocycles. The van der Waals surface area contributed by atoms with E-state index in [0.717, 1.165) is 16.9 Å². The second kappa shape index (κ2) is 9.57. The zero-order chi connectivity index (χ0) is 20.8. The Morgan fingerprint density at radius 2 is 2.03 bits per heavy atom. The first-order valence-corrected chi connectivity index (χ1v) is 10.2. The minimum absolute atomic E-state index is 0.118. The van der Waals surface area contributed by atoms with Gasteiger partial charge in [-0.1, -0.05) is 29.5 Å². The number of rotatable bonds is 9. The summed E-state index contributed by atoms with van der Waals surface area (Å²) < 4.78 is 8.23. The fourth-order valence-corrected chi connectivity index (χ4v) is 3.53. The topological polar surface area (TPSA) is 107 Å². The molecule has 0 saturated carbocycles. The summed E-state index contributed by atoms with van der Waals surface area (Å²) in [5, 5.41) is 14.3. The highest BCUT2D eigenvalue weighted by molar-refractivity contribution is 7.99. The van der Waals surface area contributed by atoms with Gasteiger partial charge in [-0.05, 0) is 32.4 Å². The molecule has 0 unspecified atom stereocenters. The summed E-state index contributed by atoms with van der Waals surface area (Å²) in [5.41, 5.74) is 2.52. The quantitative estimate of drug-likeness (QED) is 0.409. The van der Waals surface area contributed by atoms with Gasteiger partial charge >= 0.3 is 5.69 Å². The second-order valence-electron chi connectivity index (χ2n) is 6.56. The number of thioether (sulfide) groups is 1. The molecule has 0 spiro atoms. The smallest absolute Gasteiger partial charge is 0.343 e. The van der Waals surface area contributed by atoms with Crippen LogP contribution in [0.4, 0.5) is 5.82 Å². The number of hydrogen-bond donors (Lipinski definition) is 2. The van der Waals surface area contributed by atoms with Crippen LogP contribution in [0.3, 0.4) is 0 Å². The molecule has 0 radical (unpaired) electrons. The number of ether oxygens (including phenoxy) is 1. The Morgan fingerprint density at radius 3 is 2.76 bits per heavy atom. The molecule has 0 atom stereocenters. The zero-order valence-corrected chi connectivity index (χ0v) is 17.5. The Hall–Kier alpha value is -2.85. The Kier molecular flexibility index (Phi) is 6.89. The van der Waals surface area contributed by atoms with Gasteiger partial charge in [-0.15, -0.1) is 5.10 Å². The van der Waals surface area contributed by atoms with Crippen LogP contribution in [0, 0.1) is 13.8 Å². The van der Waals surface area contributed by atoms with Crippen molar-refractivity contribution in [2.24, 2.45) is 0 Å². The fourth-order valence-electron chi connectivity index (χ4n) is 2.76. The van der Waals surface area contributed by atoms with Crippen molar-refractivity contribution in [1.82, 2.24) is 24.5 Å². The minimum atomic E-state index is -0.294. The number of carbonyl (C=O) groups is 1. The van der Waals surface area contributed by atoms with Crippen molar-refractivity contribution < 1.29 is 9.53 Å². The summed E-state index contributed by atoms with van der Waals surface area (Å²) in [6.45, 7) is 4.91. The largest absolute Gasteiger partial charge is 0.385 e. The standard InChI is InChI=1S/C19H24N6O3S/c1-13-5-7-15(8-6-13)25-16(11-14(2)23-25)20-17(26)12-29-19-22-21-18(27)24(19)9-4-10-28-3/h5-8,11H,4,9-10,12H2,1-3H3,(H,20,26)(H,21,27). The summed E-state index contributed by atoms with van der Waals surface area (Å²) in [5.74, 6) is 0.505. The van der Waals surface area contributed by atoms with Gasteiger partial charge in [-0.2, -0.15) is 5.10 Å². The molecule has 3 rings (SSSR count). The van der Waals surface area contributed by atoms with Gasteiger partial charge in [0.05, 0.1) is 17.1 Å². The van der Waals surface area contributed by atoms with E-state index < -0.39 is 0 Å². The third kappa shape index (κ3) is 5.36. The maximum absolute atomic E-state index is 12.5. The molecule has 0 aliphatic carbocycles. The third-order valence-electron chi connectivity index (χ3n) is 4.16. The predicted octanol–water partition coefficient (Wildman–Crippen LogP) is 2.14. The number of H-pyrrole nitrogens is 1. The van der Waals surface area contributed by atoms with E-state index >= 15 is 0 Å². The van der Waals surface area contributed by atoms with Gasteiger partial charge in [0.2, 0.25) is 5.91 Å². The first-order chi connectivity index (χ1) is 14.0. The number of aromatic nitrogens is 5. The van der Waals surface area contributed by atoms with Crippen molar-refractivity contribution in [3.8, 4) is 5.69 Å². The highest BCUT2D eigenvalue weighted by atomic mass is 32.2. The van der Waals surface area contributed by atoms with E-state index in [1.807, 2.05) is 44.2 Å². The Bertz CT molecular complexity index is 1020. The second-order valence-corrected chi connectivity index (χ2v) is 7.51. The average Bonchev–Trinajstić information content (AvgIpc) is 3.23. The van der Waals surface area contributed by atoms with Crippen LogP contribution in [0.15, 0.2) is 40.3 Å². The molecule has 29 heavy (non-hydrogen) atoms. The van der Waals surface area contributed by atoms with E-state index in [-0.39, 0.29) is 17.3 Å². The third-order valence-corrected chi connectivity index (χ3v) is 5.14. The molecule has 0 aliphatic rings. The molecule has 2 N–H and O–H groups in total. The van der Waals surface area contributed by atoms with Crippen molar-refractivity contribution >= 4 is 23.5 Å². The summed E-state index contributed by atoms with van der Waals surface area (Å²) in [7, 11) is 1.61. The van der Waals surface area contributed by atoms with Gasteiger partial charge < -0.3 is 10.1 Å². The monoisotopic (exact) mass is 416 g/mol. The molecule has 3 aromatic rings. The molecular weight excluding hydrogens is 392 g/mol. The van der Waals surface area contributed by atoms with Crippen LogP contribution in [0.2, 0.25) is 0 Å². The zero-order valence-electron chi connectivity index (χ0n) is 16.6. The van der Waals surface area contributed by atoms with Gasteiger partial charge in [0, 0.05) is 26.3 Å². The van der Waals surface area contributed by atoms with E-state index in [1.54, 1.807) is 11.8 Å². The first-order valence-electron chi connectivity index (χ1n) is 9.18. The summed E-state index contributed by atoms with van der Waals surface area (Å²) in [4.78, 5) is 24.4. The van der Waals surface area contributed by atoms with E-state index in [4.69, 9.17) is 4.74 Å². The molecule has 0 fully saturated rings. The van der Waals surface area contributed by atoms with Crippen molar-refractivity contribution in [1.29, 1.82) is 0 Å². The number of aromatic amines is 1. The Balaban J connectivity index is 1.65. The van der Waals surface area contributed by atoms with E-state index in [2.05, 4.69) is 20.6 Å². The van der Waals surface area contributed by atoms with Gasteiger partial charge in [-0.25, -0.2) is 14.6 Å². The van der Waals surface area contributed by atoms with Crippen LogP contribution < -0.4 is 11.0 Å². The lowest BCUT2D eigenvalue weighted by molar-refractivity contribution is -0.113. The van der Waals surface area contributed by atoms with Crippen molar-refractivity contribution in [2.45, 2.75) is 32.0 Å². The number of anilines is 1. The number of carbonyl (C=O) groups excluding carboxylic acids is 1. The molecule has 154 valence electrons. The Labute approximate surface area is 172 Å². The van der Waals surface area contributed by atoms with Crippen LogP contribution in [0.5, 0.6) is 0 Å². The molecule has 1 aromatic carbocycles. The van der Waals surface area contributed by atoms with E-state index in [9.17, 15) is 9.59 Å². The molecule has 10 heteroatoms.